The first-order valence-electron chi connectivity index (χ1n) is 7.40. The van der Waals surface area contributed by atoms with E-state index in [0.29, 0.717) is 0 Å². The molecule has 116 valence electrons. The molecule has 2 aromatic carbocycles. The van der Waals surface area contributed by atoms with Crippen molar-refractivity contribution in [2.24, 2.45) is 0 Å². The van der Waals surface area contributed by atoms with E-state index >= 15 is 0 Å². The van der Waals surface area contributed by atoms with Crippen LogP contribution in [0.1, 0.15) is 16.7 Å². The summed E-state index contributed by atoms with van der Waals surface area (Å²) in [5.41, 5.74) is 3.90. The monoisotopic (exact) mass is 317 g/mol. The van der Waals surface area contributed by atoms with E-state index in [1.165, 1.54) is 16.7 Å². The molecule has 1 heterocycles. The summed E-state index contributed by atoms with van der Waals surface area (Å²) >= 11 is 6.11. The van der Waals surface area contributed by atoms with Crippen LogP contribution in [0, 0.1) is 0 Å². The lowest BCUT2D eigenvalue weighted by Crippen LogP contribution is -2.30. The van der Waals surface area contributed by atoms with Gasteiger partial charge in [0.15, 0.2) is 0 Å². The van der Waals surface area contributed by atoms with Gasteiger partial charge in [-0.15, -0.1) is 0 Å². The lowest BCUT2D eigenvalue weighted by atomic mass is 9.99. The van der Waals surface area contributed by atoms with Crippen molar-refractivity contribution in [3.05, 3.63) is 58.1 Å². The van der Waals surface area contributed by atoms with Crippen molar-refractivity contribution in [1.29, 1.82) is 0 Å². The van der Waals surface area contributed by atoms with Crippen molar-refractivity contribution in [3.63, 3.8) is 0 Å². The van der Waals surface area contributed by atoms with Gasteiger partial charge in [0, 0.05) is 36.3 Å². The van der Waals surface area contributed by atoms with Gasteiger partial charge in [-0.1, -0.05) is 23.7 Å². The van der Waals surface area contributed by atoms with E-state index in [-0.39, 0.29) is 0 Å². The van der Waals surface area contributed by atoms with Crippen LogP contribution in [-0.2, 0) is 19.5 Å². The van der Waals surface area contributed by atoms with Crippen LogP contribution in [0.5, 0.6) is 11.5 Å². The average Bonchev–Trinajstić information content (AvgIpc) is 2.54. The standard InChI is InChI=1S/C18H20ClNO2/c1-21-17-6-4-14(18(10-17)22-2)11-20-8-7-13-3-5-16(19)9-15(13)12-20/h3-6,9-10H,7-8,11-12H2,1-2H3. The number of ether oxygens (including phenoxy) is 2. The Hall–Kier alpha value is -1.71. The number of rotatable bonds is 4. The normalized spacial score (nSPS) is 14.5. The quantitative estimate of drug-likeness (QED) is 0.853. The van der Waals surface area contributed by atoms with Gasteiger partial charge in [-0.05, 0) is 35.7 Å². The second kappa shape index (κ2) is 6.59. The van der Waals surface area contributed by atoms with Crippen molar-refractivity contribution in [3.8, 4) is 11.5 Å². The van der Waals surface area contributed by atoms with Gasteiger partial charge in [0.1, 0.15) is 11.5 Å². The van der Waals surface area contributed by atoms with Crippen LogP contribution in [0.25, 0.3) is 0 Å². The summed E-state index contributed by atoms with van der Waals surface area (Å²) in [6.45, 7) is 2.83. The van der Waals surface area contributed by atoms with E-state index in [1.54, 1.807) is 14.2 Å². The highest BCUT2D eigenvalue weighted by molar-refractivity contribution is 6.30. The summed E-state index contributed by atoms with van der Waals surface area (Å²) < 4.78 is 10.7. The predicted molar refractivity (Wildman–Crippen MR) is 88.8 cm³/mol. The van der Waals surface area contributed by atoms with Crippen LogP contribution in [0.15, 0.2) is 36.4 Å². The molecule has 0 fully saturated rings. The highest BCUT2D eigenvalue weighted by Crippen LogP contribution is 2.28. The number of fused-ring (bicyclic) bond motifs is 1. The molecule has 0 saturated carbocycles. The van der Waals surface area contributed by atoms with Gasteiger partial charge in [-0.3, -0.25) is 4.90 Å². The van der Waals surface area contributed by atoms with Gasteiger partial charge in [0.25, 0.3) is 0 Å². The first kappa shape index (κ1) is 15.2. The summed E-state index contributed by atoms with van der Waals surface area (Å²) in [5, 5.41) is 0.808. The van der Waals surface area contributed by atoms with E-state index < -0.39 is 0 Å². The van der Waals surface area contributed by atoms with Gasteiger partial charge < -0.3 is 9.47 Å². The number of benzene rings is 2. The highest BCUT2D eigenvalue weighted by atomic mass is 35.5. The van der Waals surface area contributed by atoms with Crippen molar-refractivity contribution in [2.45, 2.75) is 19.5 Å². The van der Waals surface area contributed by atoms with Crippen molar-refractivity contribution in [2.75, 3.05) is 20.8 Å². The number of hydrogen-bond donors (Lipinski definition) is 0. The Morgan fingerprint density at radius 2 is 1.91 bits per heavy atom. The molecule has 0 unspecified atom stereocenters. The van der Waals surface area contributed by atoms with Gasteiger partial charge in [0.05, 0.1) is 14.2 Å². The minimum atomic E-state index is 0.808. The molecule has 2 aromatic rings. The van der Waals surface area contributed by atoms with Gasteiger partial charge in [-0.2, -0.15) is 0 Å². The van der Waals surface area contributed by atoms with E-state index in [1.807, 2.05) is 18.2 Å². The van der Waals surface area contributed by atoms with E-state index in [9.17, 15) is 0 Å². The van der Waals surface area contributed by atoms with Crippen molar-refractivity contribution < 1.29 is 9.47 Å². The Morgan fingerprint density at radius 3 is 2.68 bits per heavy atom. The highest BCUT2D eigenvalue weighted by Gasteiger charge is 2.18. The summed E-state index contributed by atoms with van der Waals surface area (Å²) in [4.78, 5) is 2.42. The van der Waals surface area contributed by atoms with Crippen LogP contribution in [0.3, 0.4) is 0 Å². The molecule has 0 atom stereocenters. The third-order valence-corrected chi connectivity index (χ3v) is 4.38. The predicted octanol–water partition coefficient (Wildman–Crippen LogP) is 3.92. The molecule has 1 aliphatic heterocycles. The Bertz CT molecular complexity index is 672. The topological polar surface area (TPSA) is 21.7 Å². The maximum absolute atomic E-state index is 6.11. The molecule has 0 bridgehead atoms. The van der Waals surface area contributed by atoms with Crippen molar-refractivity contribution >= 4 is 11.6 Å². The largest absolute Gasteiger partial charge is 0.497 e. The molecule has 0 saturated heterocycles. The number of halogens is 1. The molecule has 0 N–H and O–H groups in total. The lowest BCUT2D eigenvalue weighted by molar-refractivity contribution is 0.241. The fraction of sp³-hybridized carbons (Fsp3) is 0.333. The summed E-state index contributed by atoms with van der Waals surface area (Å²) in [6.07, 6.45) is 1.06. The minimum absolute atomic E-state index is 0.808. The Morgan fingerprint density at radius 1 is 1.05 bits per heavy atom. The summed E-state index contributed by atoms with van der Waals surface area (Å²) in [7, 11) is 3.36. The molecule has 3 rings (SSSR count). The summed E-state index contributed by atoms with van der Waals surface area (Å²) in [6, 6.07) is 12.2. The van der Waals surface area contributed by atoms with Gasteiger partial charge in [0.2, 0.25) is 0 Å². The average molecular weight is 318 g/mol. The number of methoxy groups -OCH3 is 2. The fourth-order valence-corrected chi connectivity index (χ4v) is 3.14. The molecule has 0 aromatic heterocycles. The van der Waals surface area contributed by atoms with Crippen LogP contribution in [-0.4, -0.2) is 25.7 Å². The number of nitrogens with zero attached hydrogens (tertiary/aromatic N) is 1. The molecule has 0 amide bonds. The number of hydrogen-bond acceptors (Lipinski definition) is 3. The van der Waals surface area contributed by atoms with Crippen LogP contribution in [0.4, 0.5) is 0 Å². The van der Waals surface area contributed by atoms with Crippen LogP contribution in [0.2, 0.25) is 5.02 Å². The van der Waals surface area contributed by atoms with E-state index in [4.69, 9.17) is 21.1 Å². The molecular formula is C18H20ClNO2. The second-order valence-electron chi connectivity index (χ2n) is 5.55. The molecule has 3 nitrogen and oxygen atoms in total. The van der Waals surface area contributed by atoms with Gasteiger partial charge >= 0.3 is 0 Å². The molecule has 1 aliphatic rings. The first-order valence-corrected chi connectivity index (χ1v) is 7.78. The van der Waals surface area contributed by atoms with E-state index in [2.05, 4.69) is 23.1 Å². The molecule has 4 heteroatoms. The van der Waals surface area contributed by atoms with Crippen molar-refractivity contribution in [1.82, 2.24) is 4.90 Å². The van der Waals surface area contributed by atoms with E-state index in [0.717, 1.165) is 42.6 Å². The minimum Gasteiger partial charge on any atom is -0.497 e. The summed E-state index contributed by atoms with van der Waals surface area (Å²) in [5.74, 6) is 1.69. The molecule has 0 spiro atoms. The molecule has 0 radical (unpaired) electrons. The first-order chi connectivity index (χ1) is 10.7. The lowest BCUT2D eigenvalue weighted by Gasteiger charge is -2.29. The zero-order valence-corrected chi connectivity index (χ0v) is 13.7. The molecule has 22 heavy (non-hydrogen) atoms. The third-order valence-electron chi connectivity index (χ3n) is 4.15. The SMILES string of the molecule is COc1ccc(CN2CCc3ccc(Cl)cc3C2)c(OC)c1. The molecular weight excluding hydrogens is 298 g/mol. The Kier molecular flexibility index (Phi) is 4.55. The second-order valence-corrected chi connectivity index (χ2v) is 5.99. The molecule has 0 aliphatic carbocycles. The fourth-order valence-electron chi connectivity index (χ4n) is 2.94. The van der Waals surface area contributed by atoms with Crippen LogP contribution >= 0.6 is 11.6 Å². The zero-order chi connectivity index (χ0) is 15.5. The Labute approximate surface area is 136 Å². The maximum Gasteiger partial charge on any atom is 0.127 e. The van der Waals surface area contributed by atoms with Crippen LogP contribution < -0.4 is 9.47 Å². The Balaban J connectivity index is 1.77. The smallest absolute Gasteiger partial charge is 0.127 e. The van der Waals surface area contributed by atoms with Gasteiger partial charge in [-0.25, -0.2) is 0 Å². The zero-order valence-electron chi connectivity index (χ0n) is 12.9. The maximum atomic E-state index is 6.11. The third kappa shape index (κ3) is 3.21.